The van der Waals surface area contributed by atoms with Crippen molar-refractivity contribution in [3.63, 3.8) is 0 Å². The van der Waals surface area contributed by atoms with Gasteiger partial charge in [0.25, 0.3) is 0 Å². The molecule has 1 saturated heterocycles. The summed E-state index contributed by atoms with van der Waals surface area (Å²) in [5, 5.41) is 21.2. The highest BCUT2D eigenvalue weighted by atomic mass is 19.4. The van der Waals surface area contributed by atoms with Gasteiger partial charge in [-0.1, -0.05) is 6.07 Å². The monoisotopic (exact) mass is 312 g/mol. The Balaban J connectivity index is 2.46. The lowest BCUT2D eigenvalue weighted by atomic mass is 9.69. The molecular weight excluding hydrogens is 293 g/mol. The van der Waals surface area contributed by atoms with Crippen LogP contribution in [0.15, 0.2) is 18.2 Å². The minimum absolute atomic E-state index is 0.0254. The molecule has 1 aliphatic rings. The van der Waals surface area contributed by atoms with Gasteiger partial charge in [-0.2, -0.15) is 18.4 Å². The second-order valence-corrected chi connectivity index (χ2v) is 5.73. The molecule has 0 unspecified atom stereocenters. The molecule has 0 atom stereocenters. The number of rotatable bonds is 4. The molecule has 120 valence electrons. The van der Waals surface area contributed by atoms with Gasteiger partial charge in [0.2, 0.25) is 0 Å². The fourth-order valence-electron chi connectivity index (χ4n) is 3.21. The van der Waals surface area contributed by atoms with Crippen LogP contribution >= 0.6 is 0 Å². The lowest BCUT2D eigenvalue weighted by Crippen LogP contribution is -2.40. The molecule has 0 aliphatic carbocycles. The minimum atomic E-state index is -4.54. The van der Waals surface area contributed by atoms with E-state index in [0.29, 0.717) is 18.4 Å². The Kier molecular flexibility index (Phi) is 5.09. The number of nitrogens with one attached hydrogen (secondary N) is 1. The first-order chi connectivity index (χ1) is 10.4. The second kappa shape index (κ2) is 6.67. The fourth-order valence-corrected chi connectivity index (χ4v) is 3.21. The van der Waals surface area contributed by atoms with E-state index in [1.54, 1.807) is 12.1 Å². The third kappa shape index (κ3) is 3.42. The number of nitriles is 1. The summed E-state index contributed by atoms with van der Waals surface area (Å²) in [7, 11) is 0. The predicted octanol–water partition coefficient (Wildman–Crippen LogP) is 2.97. The largest absolute Gasteiger partial charge is 0.417 e. The summed E-state index contributed by atoms with van der Waals surface area (Å²) in [5.41, 5.74) is -0.951. The van der Waals surface area contributed by atoms with Crippen molar-refractivity contribution in [1.82, 2.24) is 5.32 Å². The second-order valence-electron chi connectivity index (χ2n) is 5.73. The molecular formula is C16H19F3N2O. The normalized spacial score (nSPS) is 18.0. The number of nitrogens with zero attached hydrogens (tertiary/aromatic N) is 1. The molecule has 3 nitrogen and oxygen atoms in total. The molecule has 2 rings (SSSR count). The van der Waals surface area contributed by atoms with E-state index >= 15 is 0 Å². The Bertz CT molecular complexity index is 557. The van der Waals surface area contributed by atoms with Crippen LogP contribution in [0.2, 0.25) is 0 Å². The molecule has 1 heterocycles. The van der Waals surface area contributed by atoms with Gasteiger partial charge in [0.05, 0.1) is 17.2 Å². The van der Waals surface area contributed by atoms with Crippen molar-refractivity contribution >= 4 is 0 Å². The van der Waals surface area contributed by atoms with Gasteiger partial charge in [0, 0.05) is 6.61 Å². The van der Waals surface area contributed by atoms with Crippen LogP contribution in [0.3, 0.4) is 0 Å². The van der Waals surface area contributed by atoms with Crippen molar-refractivity contribution in [3.05, 3.63) is 34.9 Å². The van der Waals surface area contributed by atoms with Gasteiger partial charge in [0.1, 0.15) is 0 Å². The van der Waals surface area contributed by atoms with Crippen LogP contribution in [0.5, 0.6) is 0 Å². The van der Waals surface area contributed by atoms with Crippen molar-refractivity contribution in [2.45, 2.75) is 37.3 Å². The highest BCUT2D eigenvalue weighted by Crippen LogP contribution is 2.41. The predicted molar refractivity (Wildman–Crippen MR) is 76.3 cm³/mol. The number of piperidine rings is 1. The summed E-state index contributed by atoms with van der Waals surface area (Å²) in [6, 6.07) is 5.64. The first-order valence-electron chi connectivity index (χ1n) is 7.36. The quantitative estimate of drug-likeness (QED) is 0.898. The molecule has 1 aromatic carbocycles. The minimum Gasteiger partial charge on any atom is -0.396 e. The summed E-state index contributed by atoms with van der Waals surface area (Å²) >= 11 is 0. The van der Waals surface area contributed by atoms with Gasteiger partial charge in [-0.3, -0.25) is 0 Å². The molecule has 1 fully saturated rings. The lowest BCUT2D eigenvalue weighted by Gasteiger charge is -2.38. The highest BCUT2D eigenvalue weighted by Gasteiger charge is 2.38. The maximum atomic E-state index is 13.2. The Hall–Kier alpha value is -1.58. The summed E-state index contributed by atoms with van der Waals surface area (Å²) < 4.78 is 39.5. The summed E-state index contributed by atoms with van der Waals surface area (Å²) in [4.78, 5) is 0. The van der Waals surface area contributed by atoms with E-state index in [4.69, 9.17) is 10.4 Å². The number of aliphatic hydroxyl groups excluding tert-OH is 1. The fraction of sp³-hybridized carbons (Fsp3) is 0.562. The molecule has 0 saturated carbocycles. The van der Waals surface area contributed by atoms with Crippen LogP contribution in [0, 0.1) is 11.3 Å². The van der Waals surface area contributed by atoms with E-state index in [-0.39, 0.29) is 17.6 Å². The summed E-state index contributed by atoms with van der Waals surface area (Å²) in [6.45, 7) is 1.51. The van der Waals surface area contributed by atoms with E-state index < -0.39 is 11.7 Å². The van der Waals surface area contributed by atoms with Gasteiger partial charge in [-0.25, -0.2) is 0 Å². The zero-order chi connectivity index (χ0) is 16.2. The van der Waals surface area contributed by atoms with Crippen LogP contribution in [0.25, 0.3) is 0 Å². The molecule has 0 radical (unpaired) electrons. The standard InChI is InChI=1S/C16H19F3N2O/c17-16(18,19)14-10-13(3-2-12(14)11-20)15(4-1-9-22)5-7-21-8-6-15/h2-3,10,21-22H,1,4-9H2. The first kappa shape index (κ1) is 16.8. The molecule has 0 amide bonds. The topological polar surface area (TPSA) is 56.0 Å². The summed E-state index contributed by atoms with van der Waals surface area (Å²) in [6.07, 6.45) is -1.87. The zero-order valence-electron chi connectivity index (χ0n) is 12.2. The third-order valence-electron chi connectivity index (χ3n) is 4.43. The Morgan fingerprint density at radius 2 is 1.95 bits per heavy atom. The highest BCUT2D eigenvalue weighted by molar-refractivity contribution is 5.44. The molecule has 1 aromatic rings. The van der Waals surface area contributed by atoms with Crippen LogP contribution in [-0.4, -0.2) is 24.8 Å². The molecule has 22 heavy (non-hydrogen) atoms. The smallest absolute Gasteiger partial charge is 0.396 e. The van der Waals surface area contributed by atoms with Crippen LogP contribution in [0.4, 0.5) is 13.2 Å². The number of hydrogen-bond acceptors (Lipinski definition) is 3. The van der Waals surface area contributed by atoms with Crippen molar-refractivity contribution in [2.75, 3.05) is 19.7 Å². The van der Waals surface area contributed by atoms with Crippen LogP contribution in [-0.2, 0) is 11.6 Å². The number of halogens is 3. The van der Waals surface area contributed by atoms with Crippen molar-refractivity contribution < 1.29 is 18.3 Å². The van der Waals surface area contributed by atoms with Gasteiger partial charge in [-0.15, -0.1) is 0 Å². The molecule has 0 spiro atoms. The average molecular weight is 312 g/mol. The molecule has 2 N–H and O–H groups in total. The number of benzene rings is 1. The van der Waals surface area contributed by atoms with E-state index in [9.17, 15) is 13.2 Å². The number of aliphatic hydroxyl groups is 1. The Morgan fingerprint density at radius 3 is 2.50 bits per heavy atom. The molecule has 1 aliphatic heterocycles. The van der Waals surface area contributed by atoms with Gasteiger partial charge in [0.15, 0.2) is 0 Å². The maximum Gasteiger partial charge on any atom is 0.417 e. The number of alkyl halides is 3. The zero-order valence-corrected chi connectivity index (χ0v) is 12.2. The molecule has 6 heteroatoms. The maximum absolute atomic E-state index is 13.2. The average Bonchev–Trinajstić information content (AvgIpc) is 2.52. The van der Waals surface area contributed by atoms with E-state index in [2.05, 4.69) is 5.32 Å². The Morgan fingerprint density at radius 1 is 1.27 bits per heavy atom. The lowest BCUT2D eigenvalue weighted by molar-refractivity contribution is -0.137. The van der Waals surface area contributed by atoms with Crippen LogP contribution in [0.1, 0.15) is 42.4 Å². The summed E-state index contributed by atoms with van der Waals surface area (Å²) in [5.74, 6) is 0. The van der Waals surface area contributed by atoms with Gasteiger partial charge >= 0.3 is 6.18 Å². The molecule has 0 bridgehead atoms. The van der Waals surface area contributed by atoms with E-state index in [1.165, 1.54) is 6.07 Å². The van der Waals surface area contributed by atoms with E-state index in [0.717, 1.165) is 32.0 Å². The van der Waals surface area contributed by atoms with Gasteiger partial charge in [-0.05, 0) is 61.9 Å². The third-order valence-corrected chi connectivity index (χ3v) is 4.43. The van der Waals surface area contributed by atoms with E-state index in [1.807, 2.05) is 0 Å². The Labute approximate surface area is 127 Å². The van der Waals surface area contributed by atoms with Crippen molar-refractivity contribution in [3.8, 4) is 6.07 Å². The number of hydrogen-bond donors (Lipinski definition) is 2. The van der Waals surface area contributed by atoms with Crippen molar-refractivity contribution in [1.29, 1.82) is 5.26 Å². The van der Waals surface area contributed by atoms with Crippen LogP contribution < -0.4 is 5.32 Å². The first-order valence-corrected chi connectivity index (χ1v) is 7.36. The van der Waals surface area contributed by atoms with Crippen molar-refractivity contribution in [2.24, 2.45) is 0 Å². The molecule has 0 aromatic heterocycles. The van der Waals surface area contributed by atoms with Gasteiger partial charge < -0.3 is 10.4 Å². The SMILES string of the molecule is N#Cc1ccc(C2(CCCO)CCNCC2)cc1C(F)(F)F.